The number of likely N-dealkylation sites (tertiary alicyclic amines) is 1. The number of nitrogens with zero attached hydrogens (tertiary/aromatic N) is 2. The highest BCUT2D eigenvalue weighted by Crippen LogP contribution is 2.30. The van der Waals surface area contributed by atoms with Crippen molar-refractivity contribution in [2.24, 2.45) is 11.8 Å². The molecule has 130 valence electrons. The number of carbonyl (C=O) groups is 2. The Hall–Kier alpha value is -1.89. The molecule has 2 heterocycles. The average molecular weight is 350 g/mol. The van der Waals surface area contributed by atoms with Crippen LogP contribution in [-0.4, -0.2) is 49.1 Å². The third-order valence-electron chi connectivity index (χ3n) is 4.66. The number of rotatable bonds is 3. The van der Waals surface area contributed by atoms with Crippen LogP contribution in [0.3, 0.4) is 0 Å². The Bertz CT molecular complexity index is 765. The van der Waals surface area contributed by atoms with Crippen LogP contribution in [0.25, 0.3) is 0 Å². The Labute approximate surface area is 142 Å². The van der Waals surface area contributed by atoms with Crippen molar-refractivity contribution in [3.8, 4) is 0 Å². The first-order valence-corrected chi connectivity index (χ1v) is 9.68. The lowest BCUT2D eigenvalue weighted by Crippen LogP contribution is -2.44. The van der Waals surface area contributed by atoms with Gasteiger partial charge in [0.15, 0.2) is 0 Å². The first-order valence-electron chi connectivity index (χ1n) is 8.24. The van der Waals surface area contributed by atoms with Gasteiger partial charge in [-0.05, 0) is 30.4 Å². The minimum atomic E-state index is -3.83. The van der Waals surface area contributed by atoms with Gasteiger partial charge in [-0.15, -0.1) is 0 Å². The van der Waals surface area contributed by atoms with Gasteiger partial charge in [0.2, 0.25) is 5.91 Å². The van der Waals surface area contributed by atoms with Crippen LogP contribution in [-0.2, 0) is 14.8 Å². The van der Waals surface area contributed by atoms with Crippen LogP contribution >= 0.6 is 0 Å². The molecule has 7 heteroatoms. The Morgan fingerprint density at radius 1 is 1.17 bits per heavy atom. The van der Waals surface area contributed by atoms with Gasteiger partial charge in [0, 0.05) is 26.1 Å². The topological polar surface area (TPSA) is 74.8 Å². The quantitative estimate of drug-likeness (QED) is 0.832. The van der Waals surface area contributed by atoms with Gasteiger partial charge < -0.3 is 4.90 Å². The molecular formula is C17H22N2O4S. The molecule has 1 saturated heterocycles. The molecule has 1 fully saturated rings. The maximum absolute atomic E-state index is 12.5. The van der Waals surface area contributed by atoms with Gasteiger partial charge in [0.1, 0.15) is 4.90 Å². The fraction of sp³-hybridized carbons (Fsp3) is 0.529. The minimum Gasteiger partial charge on any atom is -0.342 e. The molecule has 0 saturated carbocycles. The number of hydrogen-bond donors (Lipinski definition) is 0. The van der Waals surface area contributed by atoms with Gasteiger partial charge in [0.05, 0.1) is 5.56 Å². The van der Waals surface area contributed by atoms with E-state index < -0.39 is 15.9 Å². The largest absolute Gasteiger partial charge is 0.342 e. The van der Waals surface area contributed by atoms with Crippen LogP contribution in [0.1, 0.15) is 37.0 Å². The molecule has 2 amide bonds. The van der Waals surface area contributed by atoms with Crippen molar-refractivity contribution < 1.29 is 18.0 Å². The standard InChI is InChI=1S/C17H22N2O4S/c1-12-9-13(2)11-18(10-12)16(20)7-8-19-17(21)14-5-3-4-6-15(14)24(19,22)23/h3-6,12-13H,7-11H2,1-2H3/t12-,13-/m0/s1. The summed E-state index contributed by atoms with van der Waals surface area (Å²) in [5, 5.41) is 0. The van der Waals surface area contributed by atoms with Gasteiger partial charge in [-0.1, -0.05) is 26.0 Å². The molecule has 0 aliphatic carbocycles. The van der Waals surface area contributed by atoms with Crippen molar-refractivity contribution in [2.45, 2.75) is 31.6 Å². The van der Waals surface area contributed by atoms with Crippen LogP contribution in [0.15, 0.2) is 29.2 Å². The summed E-state index contributed by atoms with van der Waals surface area (Å²) in [6.07, 6.45) is 1.12. The van der Waals surface area contributed by atoms with Crippen LogP contribution < -0.4 is 0 Å². The summed E-state index contributed by atoms with van der Waals surface area (Å²) < 4.78 is 25.8. The molecule has 24 heavy (non-hydrogen) atoms. The second-order valence-electron chi connectivity index (χ2n) is 6.87. The lowest BCUT2D eigenvalue weighted by molar-refractivity contribution is -0.133. The van der Waals surface area contributed by atoms with E-state index in [1.54, 1.807) is 17.0 Å². The fourth-order valence-electron chi connectivity index (χ4n) is 3.67. The molecule has 1 aromatic rings. The van der Waals surface area contributed by atoms with Crippen LogP contribution in [0.5, 0.6) is 0 Å². The molecular weight excluding hydrogens is 328 g/mol. The molecule has 0 aromatic heterocycles. The first-order chi connectivity index (χ1) is 11.3. The predicted octanol–water partition coefficient (Wildman–Crippen LogP) is 1.73. The van der Waals surface area contributed by atoms with Gasteiger partial charge in [-0.3, -0.25) is 9.59 Å². The predicted molar refractivity (Wildman–Crippen MR) is 88.8 cm³/mol. The Balaban J connectivity index is 1.69. The molecule has 0 unspecified atom stereocenters. The molecule has 3 rings (SSSR count). The molecule has 0 spiro atoms. The highest BCUT2D eigenvalue weighted by atomic mass is 32.2. The van der Waals surface area contributed by atoms with Crippen LogP contribution in [0.4, 0.5) is 0 Å². The number of sulfonamides is 1. The lowest BCUT2D eigenvalue weighted by atomic mass is 9.92. The SMILES string of the molecule is C[C@H]1C[C@H](C)CN(C(=O)CCN2C(=O)c3ccccc3S2(=O)=O)C1. The third kappa shape index (κ3) is 2.92. The fourth-order valence-corrected chi connectivity index (χ4v) is 5.24. The van der Waals surface area contributed by atoms with Gasteiger partial charge in [0.25, 0.3) is 15.9 Å². The molecule has 0 N–H and O–H groups in total. The molecule has 0 radical (unpaired) electrons. The second kappa shape index (κ2) is 6.20. The number of hydrogen-bond acceptors (Lipinski definition) is 4. The summed E-state index contributed by atoms with van der Waals surface area (Å²) in [5.41, 5.74) is 0.185. The van der Waals surface area contributed by atoms with Crippen molar-refractivity contribution in [1.29, 1.82) is 0 Å². The number of benzene rings is 1. The summed E-state index contributed by atoms with van der Waals surface area (Å²) in [6.45, 7) is 5.52. The Morgan fingerprint density at radius 2 is 1.79 bits per heavy atom. The molecule has 6 nitrogen and oxygen atoms in total. The van der Waals surface area contributed by atoms with E-state index in [0.29, 0.717) is 24.9 Å². The van der Waals surface area contributed by atoms with Crippen molar-refractivity contribution in [1.82, 2.24) is 9.21 Å². The van der Waals surface area contributed by atoms with E-state index in [2.05, 4.69) is 13.8 Å². The molecule has 2 atom stereocenters. The third-order valence-corrected chi connectivity index (χ3v) is 6.50. The number of piperidine rings is 1. The van der Waals surface area contributed by atoms with Gasteiger partial charge >= 0.3 is 0 Å². The van der Waals surface area contributed by atoms with Crippen molar-refractivity contribution in [3.63, 3.8) is 0 Å². The maximum atomic E-state index is 12.5. The van der Waals surface area contributed by atoms with E-state index in [1.807, 2.05) is 0 Å². The summed E-state index contributed by atoms with van der Waals surface area (Å²) in [6, 6.07) is 6.16. The van der Waals surface area contributed by atoms with Crippen LogP contribution in [0, 0.1) is 11.8 Å². The summed E-state index contributed by atoms with van der Waals surface area (Å²) in [4.78, 5) is 26.6. The number of fused-ring (bicyclic) bond motifs is 1. The van der Waals surface area contributed by atoms with E-state index in [0.717, 1.165) is 10.7 Å². The number of amides is 2. The average Bonchev–Trinajstić information content (AvgIpc) is 2.72. The minimum absolute atomic E-state index is 0.0262. The smallest absolute Gasteiger partial charge is 0.269 e. The zero-order valence-corrected chi connectivity index (χ0v) is 14.8. The Kier molecular flexibility index (Phi) is 4.38. The van der Waals surface area contributed by atoms with Crippen molar-refractivity contribution >= 4 is 21.8 Å². The van der Waals surface area contributed by atoms with Crippen molar-refractivity contribution in [3.05, 3.63) is 29.8 Å². The first kappa shape index (κ1) is 17.0. The van der Waals surface area contributed by atoms with E-state index in [-0.39, 0.29) is 29.3 Å². The normalized spacial score (nSPS) is 25.7. The molecule has 2 aliphatic heterocycles. The van der Waals surface area contributed by atoms with E-state index in [4.69, 9.17) is 0 Å². The van der Waals surface area contributed by atoms with Gasteiger partial charge in [-0.2, -0.15) is 0 Å². The van der Waals surface area contributed by atoms with Gasteiger partial charge in [-0.25, -0.2) is 12.7 Å². The second-order valence-corrected chi connectivity index (χ2v) is 8.70. The summed E-state index contributed by atoms with van der Waals surface area (Å²) in [5.74, 6) is 0.254. The zero-order chi connectivity index (χ0) is 17.5. The van der Waals surface area contributed by atoms with E-state index in [9.17, 15) is 18.0 Å². The monoisotopic (exact) mass is 350 g/mol. The van der Waals surface area contributed by atoms with E-state index in [1.165, 1.54) is 12.1 Å². The molecule has 0 bridgehead atoms. The summed E-state index contributed by atoms with van der Waals surface area (Å²) in [7, 11) is -3.83. The highest BCUT2D eigenvalue weighted by molar-refractivity contribution is 7.90. The maximum Gasteiger partial charge on any atom is 0.269 e. The highest BCUT2D eigenvalue weighted by Gasteiger charge is 2.41. The van der Waals surface area contributed by atoms with Crippen LogP contribution in [0.2, 0.25) is 0 Å². The van der Waals surface area contributed by atoms with Crippen molar-refractivity contribution in [2.75, 3.05) is 19.6 Å². The number of carbonyl (C=O) groups excluding carboxylic acids is 2. The molecule has 2 aliphatic rings. The molecule has 1 aromatic carbocycles. The zero-order valence-electron chi connectivity index (χ0n) is 13.9. The summed E-state index contributed by atoms with van der Waals surface area (Å²) >= 11 is 0. The van der Waals surface area contributed by atoms with E-state index >= 15 is 0 Å². The Morgan fingerprint density at radius 3 is 2.42 bits per heavy atom. The lowest BCUT2D eigenvalue weighted by Gasteiger charge is -2.35.